The highest BCUT2D eigenvalue weighted by molar-refractivity contribution is 7.07. The lowest BCUT2D eigenvalue weighted by Crippen LogP contribution is -2.23. The van der Waals surface area contributed by atoms with Crippen LogP contribution in [0.5, 0.6) is 0 Å². The van der Waals surface area contributed by atoms with E-state index in [-0.39, 0.29) is 5.91 Å². The average molecular weight is 246 g/mol. The number of thiophene rings is 1. The monoisotopic (exact) mass is 246 g/mol. The van der Waals surface area contributed by atoms with Crippen LogP contribution in [0.2, 0.25) is 0 Å². The number of benzene rings is 1. The molecule has 3 N–H and O–H groups in total. The van der Waals surface area contributed by atoms with Crippen LogP contribution < -0.4 is 11.1 Å². The van der Waals surface area contributed by atoms with E-state index in [0.717, 1.165) is 11.1 Å². The number of aryl methyl sites for hydroxylation is 1. The van der Waals surface area contributed by atoms with Crippen molar-refractivity contribution < 1.29 is 4.79 Å². The van der Waals surface area contributed by atoms with Crippen molar-refractivity contribution in [3.8, 4) is 0 Å². The molecule has 0 saturated heterocycles. The quantitative estimate of drug-likeness (QED) is 0.818. The summed E-state index contributed by atoms with van der Waals surface area (Å²) >= 11 is 1.62. The molecule has 0 radical (unpaired) electrons. The molecule has 88 valence electrons. The van der Waals surface area contributed by atoms with Gasteiger partial charge in [-0.1, -0.05) is 11.6 Å². The average Bonchev–Trinajstić information content (AvgIpc) is 2.82. The van der Waals surface area contributed by atoms with Crippen LogP contribution in [0.4, 0.5) is 5.69 Å². The normalized spacial score (nSPS) is 10.2. The van der Waals surface area contributed by atoms with Crippen molar-refractivity contribution in [2.75, 3.05) is 5.73 Å². The summed E-state index contributed by atoms with van der Waals surface area (Å²) < 4.78 is 0. The molecule has 4 heteroatoms. The number of amides is 1. The zero-order valence-corrected chi connectivity index (χ0v) is 10.4. The second-order valence-corrected chi connectivity index (χ2v) is 4.69. The van der Waals surface area contributed by atoms with Gasteiger partial charge in [0.25, 0.3) is 5.91 Å². The van der Waals surface area contributed by atoms with Crippen LogP contribution in [0.15, 0.2) is 35.0 Å². The van der Waals surface area contributed by atoms with Crippen molar-refractivity contribution in [1.82, 2.24) is 5.32 Å². The van der Waals surface area contributed by atoms with Crippen molar-refractivity contribution in [1.29, 1.82) is 0 Å². The number of carbonyl (C=O) groups excluding carboxylic acids is 1. The molecular weight excluding hydrogens is 232 g/mol. The topological polar surface area (TPSA) is 55.1 Å². The highest BCUT2D eigenvalue weighted by atomic mass is 32.1. The number of carbonyl (C=O) groups is 1. The standard InChI is InChI=1S/C13H14N2OS/c1-9-2-3-12(14)11(6-9)13(16)15-7-10-4-5-17-8-10/h2-6,8H,7,14H2,1H3,(H,15,16). The minimum Gasteiger partial charge on any atom is -0.398 e. The SMILES string of the molecule is Cc1ccc(N)c(C(=O)NCc2ccsc2)c1. The van der Waals surface area contributed by atoms with Crippen LogP contribution in [0, 0.1) is 6.92 Å². The molecule has 0 aliphatic rings. The third kappa shape index (κ3) is 2.85. The summed E-state index contributed by atoms with van der Waals surface area (Å²) in [6.07, 6.45) is 0. The molecule has 1 heterocycles. The van der Waals surface area contributed by atoms with Crippen molar-refractivity contribution in [2.24, 2.45) is 0 Å². The number of nitrogen functional groups attached to an aromatic ring is 1. The van der Waals surface area contributed by atoms with Gasteiger partial charge in [0, 0.05) is 12.2 Å². The second-order valence-electron chi connectivity index (χ2n) is 3.90. The Morgan fingerprint density at radius 2 is 2.24 bits per heavy atom. The van der Waals surface area contributed by atoms with E-state index < -0.39 is 0 Å². The van der Waals surface area contributed by atoms with E-state index in [1.165, 1.54) is 0 Å². The largest absolute Gasteiger partial charge is 0.398 e. The van der Waals surface area contributed by atoms with Gasteiger partial charge in [-0.05, 0) is 41.4 Å². The Hall–Kier alpha value is -1.81. The molecule has 2 rings (SSSR count). The summed E-state index contributed by atoms with van der Waals surface area (Å²) in [6, 6.07) is 7.45. The maximum absolute atomic E-state index is 11.9. The molecule has 0 unspecified atom stereocenters. The number of anilines is 1. The minimum atomic E-state index is -0.127. The highest BCUT2D eigenvalue weighted by Gasteiger charge is 2.09. The van der Waals surface area contributed by atoms with Crippen LogP contribution in [-0.2, 0) is 6.54 Å². The summed E-state index contributed by atoms with van der Waals surface area (Å²) in [5, 5.41) is 6.86. The van der Waals surface area contributed by atoms with E-state index >= 15 is 0 Å². The molecule has 0 aliphatic heterocycles. The lowest BCUT2D eigenvalue weighted by molar-refractivity contribution is 0.0952. The molecule has 17 heavy (non-hydrogen) atoms. The molecule has 0 bridgehead atoms. The third-order valence-electron chi connectivity index (χ3n) is 2.49. The van der Waals surface area contributed by atoms with Gasteiger partial charge in [-0.2, -0.15) is 11.3 Å². The summed E-state index contributed by atoms with van der Waals surface area (Å²) in [6.45, 7) is 2.48. The molecule has 0 fully saturated rings. The zero-order chi connectivity index (χ0) is 12.3. The summed E-state index contributed by atoms with van der Waals surface area (Å²) in [5.41, 5.74) is 8.97. The molecular formula is C13H14N2OS. The van der Waals surface area contributed by atoms with Crippen molar-refractivity contribution in [3.05, 3.63) is 51.7 Å². The number of hydrogen-bond acceptors (Lipinski definition) is 3. The molecule has 0 saturated carbocycles. The third-order valence-corrected chi connectivity index (χ3v) is 3.22. The van der Waals surface area contributed by atoms with Crippen molar-refractivity contribution >= 4 is 22.9 Å². The number of rotatable bonds is 3. The number of hydrogen-bond donors (Lipinski definition) is 2. The van der Waals surface area contributed by atoms with Crippen LogP contribution >= 0.6 is 11.3 Å². The molecule has 0 atom stereocenters. The predicted octanol–water partition coefficient (Wildman–Crippen LogP) is 2.57. The van der Waals surface area contributed by atoms with E-state index in [4.69, 9.17) is 5.73 Å². The minimum absolute atomic E-state index is 0.127. The highest BCUT2D eigenvalue weighted by Crippen LogP contribution is 2.14. The fraction of sp³-hybridized carbons (Fsp3) is 0.154. The van der Waals surface area contributed by atoms with Gasteiger partial charge in [0.2, 0.25) is 0 Å². The van der Waals surface area contributed by atoms with Crippen LogP contribution in [0.25, 0.3) is 0 Å². The van der Waals surface area contributed by atoms with Gasteiger partial charge in [0.1, 0.15) is 0 Å². The zero-order valence-electron chi connectivity index (χ0n) is 9.57. The summed E-state index contributed by atoms with van der Waals surface area (Å²) in [5.74, 6) is -0.127. The van der Waals surface area contributed by atoms with Crippen LogP contribution in [0.3, 0.4) is 0 Å². The Kier molecular flexibility index (Phi) is 3.44. The molecule has 1 amide bonds. The van der Waals surface area contributed by atoms with Crippen molar-refractivity contribution in [3.63, 3.8) is 0 Å². The van der Waals surface area contributed by atoms with Crippen LogP contribution in [0.1, 0.15) is 21.5 Å². The maximum Gasteiger partial charge on any atom is 0.253 e. The molecule has 2 aromatic rings. The maximum atomic E-state index is 11.9. The van der Waals surface area contributed by atoms with Crippen LogP contribution in [-0.4, -0.2) is 5.91 Å². The van der Waals surface area contributed by atoms with Crippen molar-refractivity contribution in [2.45, 2.75) is 13.5 Å². The first-order valence-corrected chi connectivity index (χ1v) is 6.26. The Balaban J connectivity index is 2.07. The van der Waals surface area contributed by atoms with Gasteiger partial charge >= 0.3 is 0 Å². The smallest absolute Gasteiger partial charge is 0.253 e. The van der Waals surface area contributed by atoms with Gasteiger partial charge in [-0.3, -0.25) is 4.79 Å². The van der Waals surface area contributed by atoms with E-state index in [2.05, 4.69) is 5.32 Å². The van der Waals surface area contributed by atoms with Gasteiger partial charge in [-0.25, -0.2) is 0 Å². The lowest BCUT2D eigenvalue weighted by atomic mass is 10.1. The van der Waals surface area contributed by atoms with Gasteiger partial charge in [-0.15, -0.1) is 0 Å². The Labute approximate surface area is 104 Å². The Bertz CT molecular complexity index is 520. The molecule has 0 spiro atoms. The second kappa shape index (κ2) is 5.01. The fourth-order valence-corrected chi connectivity index (χ4v) is 2.21. The summed E-state index contributed by atoms with van der Waals surface area (Å²) in [4.78, 5) is 11.9. The van der Waals surface area contributed by atoms with Gasteiger partial charge in [0.05, 0.1) is 5.56 Å². The first-order chi connectivity index (χ1) is 8.16. The molecule has 0 aliphatic carbocycles. The number of nitrogens with one attached hydrogen (secondary N) is 1. The fourth-order valence-electron chi connectivity index (χ4n) is 1.54. The molecule has 1 aromatic heterocycles. The Morgan fingerprint density at radius 3 is 2.94 bits per heavy atom. The van der Waals surface area contributed by atoms with E-state index in [9.17, 15) is 4.79 Å². The predicted molar refractivity (Wildman–Crippen MR) is 71.1 cm³/mol. The van der Waals surface area contributed by atoms with E-state index in [0.29, 0.717) is 17.8 Å². The first kappa shape index (κ1) is 11.7. The molecule has 1 aromatic carbocycles. The number of nitrogens with two attached hydrogens (primary N) is 1. The van der Waals surface area contributed by atoms with E-state index in [1.807, 2.05) is 29.8 Å². The van der Waals surface area contributed by atoms with E-state index in [1.54, 1.807) is 23.5 Å². The summed E-state index contributed by atoms with van der Waals surface area (Å²) in [7, 11) is 0. The molecule has 3 nitrogen and oxygen atoms in total. The van der Waals surface area contributed by atoms with Gasteiger partial charge < -0.3 is 11.1 Å². The Morgan fingerprint density at radius 1 is 1.41 bits per heavy atom. The first-order valence-electron chi connectivity index (χ1n) is 5.32. The lowest BCUT2D eigenvalue weighted by Gasteiger charge is -2.07. The van der Waals surface area contributed by atoms with Gasteiger partial charge in [0.15, 0.2) is 0 Å².